The average molecular weight is 174 g/mol. The van der Waals surface area contributed by atoms with E-state index in [1.165, 1.54) is 0 Å². The molecule has 0 amide bonds. The quantitative estimate of drug-likeness (QED) is 0.698. The summed E-state index contributed by atoms with van der Waals surface area (Å²) >= 11 is 0. The Kier molecular flexibility index (Phi) is 3.50. The molecule has 1 N–H and O–H groups in total. The molecule has 3 heteroatoms. The highest BCUT2D eigenvalue weighted by Crippen LogP contribution is 2.30. The molecule has 0 aromatic heterocycles. The topological polar surface area (TPSA) is 38.7 Å². The van der Waals surface area contributed by atoms with Gasteiger partial charge in [-0.3, -0.25) is 0 Å². The normalized spacial score (nSPS) is 27.8. The maximum atomic E-state index is 8.71. The van der Waals surface area contributed by atoms with Crippen LogP contribution in [-0.4, -0.2) is 30.2 Å². The van der Waals surface area contributed by atoms with Crippen LogP contribution >= 0.6 is 0 Å². The summed E-state index contributed by atoms with van der Waals surface area (Å²) in [5.74, 6) is -0.361. The zero-order valence-electron chi connectivity index (χ0n) is 7.88. The lowest BCUT2D eigenvalue weighted by Gasteiger charge is -2.24. The van der Waals surface area contributed by atoms with Crippen LogP contribution in [0.4, 0.5) is 0 Å². The van der Waals surface area contributed by atoms with E-state index in [2.05, 4.69) is 13.8 Å². The van der Waals surface area contributed by atoms with Crippen LogP contribution < -0.4 is 0 Å². The van der Waals surface area contributed by atoms with Crippen molar-refractivity contribution in [3.63, 3.8) is 0 Å². The number of hydrogen-bond acceptors (Lipinski definition) is 3. The summed E-state index contributed by atoms with van der Waals surface area (Å²) in [6.45, 7) is 4.93. The minimum absolute atomic E-state index is 0.0925. The lowest BCUT2D eigenvalue weighted by atomic mass is 10.1. The van der Waals surface area contributed by atoms with E-state index in [0.29, 0.717) is 13.0 Å². The molecule has 1 aliphatic rings. The van der Waals surface area contributed by atoms with Crippen LogP contribution in [0.25, 0.3) is 0 Å². The molecule has 0 bridgehead atoms. The van der Waals surface area contributed by atoms with Crippen LogP contribution in [0, 0.1) is 0 Å². The molecule has 1 saturated heterocycles. The van der Waals surface area contributed by atoms with E-state index in [-0.39, 0.29) is 18.5 Å². The van der Waals surface area contributed by atoms with Crippen LogP contribution in [-0.2, 0) is 9.47 Å². The van der Waals surface area contributed by atoms with Crippen molar-refractivity contribution in [1.29, 1.82) is 0 Å². The second-order valence-electron chi connectivity index (χ2n) is 3.18. The van der Waals surface area contributed by atoms with Gasteiger partial charge >= 0.3 is 0 Å². The molecule has 1 rings (SSSR count). The highest BCUT2D eigenvalue weighted by atomic mass is 16.7. The van der Waals surface area contributed by atoms with Crippen LogP contribution in [0.5, 0.6) is 0 Å². The molecule has 0 spiro atoms. The standard InChI is InChI=1S/C9H18O3/c1-3-9(4-2)11-7-8(12-9)5-6-10/h8,10H,3-7H2,1-2H3/t8-/m1/s1. The Morgan fingerprint density at radius 1 is 1.42 bits per heavy atom. The van der Waals surface area contributed by atoms with E-state index in [9.17, 15) is 0 Å². The van der Waals surface area contributed by atoms with Gasteiger partial charge in [-0.15, -0.1) is 0 Å². The van der Waals surface area contributed by atoms with Gasteiger partial charge in [-0.2, -0.15) is 0 Å². The van der Waals surface area contributed by atoms with Crippen LogP contribution in [0.1, 0.15) is 33.1 Å². The lowest BCUT2D eigenvalue weighted by molar-refractivity contribution is -0.172. The molecule has 3 nitrogen and oxygen atoms in total. The first kappa shape index (κ1) is 9.96. The zero-order valence-corrected chi connectivity index (χ0v) is 7.88. The summed E-state index contributed by atoms with van der Waals surface area (Å²) in [5.41, 5.74) is 0. The van der Waals surface area contributed by atoms with E-state index in [4.69, 9.17) is 14.6 Å². The number of aliphatic hydroxyl groups is 1. The third-order valence-electron chi connectivity index (χ3n) is 2.44. The molecule has 12 heavy (non-hydrogen) atoms. The summed E-state index contributed by atoms with van der Waals surface area (Å²) in [6.07, 6.45) is 2.54. The van der Waals surface area contributed by atoms with E-state index in [1.807, 2.05) is 0 Å². The van der Waals surface area contributed by atoms with Gasteiger partial charge in [-0.05, 0) is 19.3 Å². The third-order valence-corrected chi connectivity index (χ3v) is 2.44. The van der Waals surface area contributed by atoms with Gasteiger partial charge < -0.3 is 14.6 Å². The number of aliphatic hydroxyl groups excluding tert-OH is 1. The molecule has 1 aliphatic heterocycles. The molecular formula is C9H18O3. The Balaban J connectivity index is 2.41. The number of ether oxygens (including phenoxy) is 2. The van der Waals surface area contributed by atoms with Crippen molar-refractivity contribution in [3.05, 3.63) is 0 Å². The molecular weight excluding hydrogens is 156 g/mol. The van der Waals surface area contributed by atoms with Gasteiger partial charge in [-0.1, -0.05) is 13.8 Å². The molecule has 1 atom stereocenters. The first-order valence-electron chi connectivity index (χ1n) is 4.69. The largest absolute Gasteiger partial charge is 0.396 e. The van der Waals surface area contributed by atoms with Gasteiger partial charge in [0.05, 0.1) is 12.7 Å². The molecule has 72 valence electrons. The van der Waals surface area contributed by atoms with Crippen molar-refractivity contribution in [3.8, 4) is 0 Å². The van der Waals surface area contributed by atoms with Crippen molar-refractivity contribution >= 4 is 0 Å². The molecule has 0 unspecified atom stereocenters. The maximum absolute atomic E-state index is 8.71. The third kappa shape index (κ3) is 1.97. The van der Waals surface area contributed by atoms with E-state index in [0.717, 1.165) is 12.8 Å². The SMILES string of the molecule is CCC1(CC)OC[C@@H](CCO)O1. The van der Waals surface area contributed by atoms with Crippen LogP contribution in [0.2, 0.25) is 0 Å². The minimum Gasteiger partial charge on any atom is -0.396 e. The molecule has 0 aromatic carbocycles. The molecule has 1 heterocycles. The van der Waals surface area contributed by atoms with Crippen molar-refractivity contribution in [1.82, 2.24) is 0 Å². The minimum atomic E-state index is -0.361. The first-order chi connectivity index (χ1) is 5.76. The van der Waals surface area contributed by atoms with E-state index in [1.54, 1.807) is 0 Å². The fourth-order valence-corrected chi connectivity index (χ4v) is 1.52. The van der Waals surface area contributed by atoms with Crippen molar-refractivity contribution in [2.24, 2.45) is 0 Å². The Bertz CT molecular complexity index is 132. The summed E-state index contributed by atoms with van der Waals surface area (Å²) in [4.78, 5) is 0. The molecule has 0 aliphatic carbocycles. The van der Waals surface area contributed by atoms with Gasteiger partial charge in [0.2, 0.25) is 0 Å². The highest BCUT2D eigenvalue weighted by Gasteiger charge is 2.37. The second-order valence-corrected chi connectivity index (χ2v) is 3.18. The fourth-order valence-electron chi connectivity index (χ4n) is 1.52. The maximum Gasteiger partial charge on any atom is 0.168 e. The molecule has 1 fully saturated rings. The van der Waals surface area contributed by atoms with Gasteiger partial charge in [0.15, 0.2) is 5.79 Å². The van der Waals surface area contributed by atoms with Crippen LogP contribution in [0.15, 0.2) is 0 Å². The van der Waals surface area contributed by atoms with Crippen LogP contribution in [0.3, 0.4) is 0 Å². The lowest BCUT2D eigenvalue weighted by Crippen LogP contribution is -2.29. The van der Waals surface area contributed by atoms with Gasteiger partial charge in [0, 0.05) is 6.61 Å². The predicted octanol–water partition coefficient (Wildman–Crippen LogP) is 1.30. The monoisotopic (exact) mass is 174 g/mol. The Morgan fingerprint density at radius 2 is 2.08 bits per heavy atom. The summed E-state index contributed by atoms with van der Waals surface area (Å²) < 4.78 is 11.3. The van der Waals surface area contributed by atoms with Crippen molar-refractivity contribution in [2.45, 2.75) is 45.0 Å². The van der Waals surface area contributed by atoms with Crippen molar-refractivity contribution < 1.29 is 14.6 Å². The zero-order chi connectivity index (χ0) is 9.03. The molecule has 0 aromatic rings. The summed E-state index contributed by atoms with van der Waals surface area (Å²) in [5, 5.41) is 8.71. The number of rotatable bonds is 4. The smallest absolute Gasteiger partial charge is 0.168 e. The fraction of sp³-hybridized carbons (Fsp3) is 1.00. The highest BCUT2D eigenvalue weighted by molar-refractivity contribution is 4.76. The van der Waals surface area contributed by atoms with Crippen molar-refractivity contribution in [2.75, 3.05) is 13.2 Å². The molecule has 0 radical (unpaired) electrons. The Labute approximate surface area is 73.7 Å². The van der Waals surface area contributed by atoms with Gasteiger partial charge in [-0.25, -0.2) is 0 Å². The Morgan fingerprint density at radius 3 is 2.50 bits per heavy atom. The van der Waals surface area contributed by atoms with E-state index >= 15 is 0 Å². The van der Waals surface area contributed by atoms with Gasteiger partial charge in [0.1, 0.15) is 0 Å². The first-order valence-corrected chi connectivity index (χ1v) is 4.69. The summed E-state index contributed by atoms with van der Waals surface area (Å²) in [7, 11) is 0. The predicted molar refractivity (Wildman–Crippen MR) is 45.8 cm³/mol. The second kappa shape index (κ2) is 4.21. The summed E-state index contributed by atoms with van der Waals surface area (Å²) in [6, 6.07) is 0. The average Bonchev–Trinajstić information content (AvgIpc) is 2.50. The number of hydrogen-bond donors (Lipinski definition) is 1. The Hall–Kier alpha value is -0.120. The molecule has 0 saturated carbocycles. The van der Waals surface area contributed by atoms with E-state index < -0.39 is 0 Å². The van der Waals surface area contributed by atoms with Gasteiger partial charge in [0.25, 0.3) is 0 Å².